The minimum atomic E-state index is -0.0978. The molecule has 0 atom stereocenters. The molecule has 136 valence electrons. The van der Waals surface area contributed by atoms with E-state index in [1.165, 1.54) is 4.88 Å². The SMILES string of the molecule is O=C(NCCOc1ccccc1)N(CCc1cccs1)Cc1ccoc1. The van der Waals surface area contributed by atoms with Gasteiger partial charge < -0.3 is 19.4 Å². The fourth-order valence-electron chi connectivity index (χ4n) is 2.51. The first-order valence-corrected chi connectivity index (χ1v) is 9.43. The van der Waals surface area contributed by atoms with Crippen LogP contribution in [0.3, 0.4) is 0 Å². The van der Waals surface area contributed by atoms with Crippen molar-refractivity contribution in [2.24, 2.45) is 0 Å². The van der Waals surface area contributed by atoms with Crippen molar-refractivity contribution in [3.63, 3.8) is 0 Å². The molecule has 1 aromatic carbocycles. The van der Waals surface area contributed by atoms with E-state index < -0.39 is 0 Å². The third-order valence-electron chi connectivity index (χ3n) is 3.84. The van der Waals surface area contributed by atoms with E-state index in [1.807, 2.05) is 42.5 Å². The third-order valence-corrected chi connectivity index (χ3v) is 4.78. The first-order chi connectivity index (χ1) is 12.8. The van der Waals surface area contributed by atoms with Crippen LogP contribution in [0.2, 0.25) is 0 Å². The molecular formula is C20H22N2O3S. The summed E-state index contributed by atoms with van der Waals surface area (Å²) in [5, 5.41) is 4.98. The minimum Gasteiger partial charge on any atom is -0.492 e. The Labute approximate surface area is 157 Å². The summed E-state index contributed by atoms with van der Waals surface area (Å²) in [6, 6.07) is 15.5. The number of thiophene rings is 1. The third kappa shape index (κ3) is 5.67. The number of ether oxygens (including phenoxy) is 1. The highest BCUT2D eigenvalue weighted by molar-refractivity contribution is 7.09. The van der Waals surface area contributed by atoms with Crippen LogP contribution >= 0.6 is 11.3 Å². The van der Waals surface area contributed by atoms with Crippen molar-refractivity contribution in [3.8, 4) is 5.75 Å². The van der Waals surface area contributed by atoms with Crippen LogP contribution in [-0.4, -0.2) is 30.6 Å². The van der Waals surface area contributed by atoms with Crippen molar-refractivity contribution in [2.45, 2.75) is 13.0 Å². The molecule has 0 aliphatic rings. The van der Waals surface area contributed by atoms with Crippen LogP contribution in [0.1, 0.15) is 10.4 Å². The number of carbonyl (C=O) groups is 1. The maximum atomic E-state index is 12.6. The molecule has 0 fully saturated rings. The van der Waals surface area contributed by atoms with E-state index in [4.69, 9.17) is 9.15 Å². The number of nitrogens with one attached hydrogen (secondary N) is 1. The number of amides is 2. The van der Waals surface area contributed by atoms with Gasteiger partial charge in [0, 0.05) is 17.0 Å². The van der Waals surface area contributed by atoms with Gasteiger partial charge in [0.05, 0.1) is 25.6 Å². The number of furan rings is 1. The number of hydrogen-bond acceptors (Lipinski definition) is 4. The zero-order chi connectivity index (χ0) is 18.0. The lowest BCUT2D eigenvalue weighted by molar-refractivity contribution is 0.192. The quantitative estimate of drug-likeness (QED) is 0.575. The van der Waals surface area contributed by atoms with Gasteiger partial charge in [-0.3, -0.25) is 0 Å². The molecule has 6 heteroatoms. The molecule has 0 saturated heterocycles. The molecule has 0 unspecified atom stereocenters. The van der Waals surface area contributed by atoms with Crippen molar-refractivity contribution >= 4 is 17.4 Å². The number of hydrogen-bond donors (Lipinski definition) is 1. The normalized spacial score (nSPS) is 10.5. The van der Waals surface area contributed by atoms with Crippen molar-refractivity contribution in [1.82, 2.24) is 10.2 Å². The summed E-state index contributed by atoms with van der Waals surface area (Å²) in [5.41, 5.74) is 0.979. The van der Waals surface area contributed by atoms with E-state index in [1.54, 1.807) is 28.8 Å². The van der Waals surface area contributed by atoms with Gasteiger partial charge in [-0.05, 0) is 36.1 Å². The van der Waals surface area contributed by atoms with Crippen molar-refractivity contribution in [1.29, 1.82) is 0 Å². The zero-order valence-corrected chi connectivity index (χ0v) is 15.3. The maximum Gasteiger partial charge on any atom is 0.317 e. The molecule has 2 amide bonds. The Morgan fingerprint density at radius 3 is 2.77 bits per heavy atom. The Kier molecular flexibility index (Phi) is 6.73. The second-order valence-electron chi connectivity index (χ2n) is 5.78. The molecule has 0 aliphatic carbocycles. The number of benzene rings is 1. The van der Waals surface area contributed by atoms with Crippen LogP contribution in [0.4, 0.5) is 4.79 Å². The maximum absolute atomic E-state index is 12.6. The lowest BCUT2D eigenvalue weighted by Crippen LogP contribution is -2.42. The highest BCUT2D eigenvalue weighted by Crippen LogP contribution is 2.12. The molecular weight excluding hydrogens is 348 g/mol. The van der Waals surface area contributed by atoms with Gasteiger partial charge >= 0.3 is 6.03 Å². The number of rotatable bonds is 9. The molecule has 5 nitrogen and oxygen atoms in total. The predicted molar refractivity (Wildman–Crippen MR) is 102 cm³/mol. The molecule has 0 aliphatic heterocycles. The van der Waals surface area contributed by atoms with Crippen molar-refractivity contribution < 1.29 is 13.9 Å². The smallest absolute Gasteiger partial charge is 0.317 e. The molecule has 1 N–H and O–H groups in total. The minimum absolute atomic E-state index is 0.0978. The number of nitrogens with zero attached hydrogens (tertiary/aromatic N) is 1. The number of urea groups is 1. The largest absolute Gasteiger partial charge is 0.492 e. The summed E-state index contributed by atoms with van der Waals surface area (Å²) >= 11 is 1.71. The second-order valence-corrected chi connectivity index (χ2v) is 6.81. The number of para-hydroxylation sites is 1. The summed E-state index contributed by atoms with van der Waals surface area (Å²) in [4.78, 5) is 15.6. The van der Waals surface area contributed by atoms with Gasteiger partial charge in [0.15, 0.2) is 0 Å². The van der Waals surface area contributed by atoms with E-state index >= 15 is 0 Å². The van der Waals surface area contributed by atoms with Crippen LogP contribution in [0.25, 0.3) is 0 Å². The van der Waals surface area contributed by atoms with Crippen molar-refractivity contribution in [2.75, 3.05) is 19.7 Å². The van der Waals surface area contributed by atoms with Gasteiger partial charge in [0.1, 0.15) is 12.4 Å². The summed E-state index contributed by atoms with van der Waals surface area (Å²) in [7, 11) is 0. The average Bonchev–Trinajstić information content (AvgIpc) is 3.36. The molecule has 2 aromatic heterocycles. The molecule has 0 spiro atoms. The summed E-state index contributed by atoms with van der Waals surface area (Å²) in [5.74, 6) is 0.801. The van der Waals surface area contributed by atoms with Gasteiger partial charge in [-0.15, -0.1) is 11.3 Å². The Morgan fingerprint density at radius 1 is 1.15 bits per heavy atom. The van der Waals surface area contributed by atoms with Gasteiger partial charge in [-0.2, -0.15) is 0 Å². The van der Waals surface area contributed by atoms with Crippen LogP contribution in [-0.2, 0) is 13.0 Å². The van der Waals surface area contributed by atoms with Crippen LogP contribution in [0, 0.1) is 0 Å². The Hall–Kier alpha value is -2.73. The molecule has 26 heavy (non-hydrogen) atoms. The second kappa shape index (κ2) is 9.68. The van der Waals surface area contributed by atoms with Gasteiger partial charge in [-0.25, -0.2) is 4.79 Å². The fraction of sp³-hybridized carbons (Fsp3) is 0.250. The monoisotopic (exact) mass is 370 g/mol. The van der Waals surface area contributed by atoms with Gasteiger partial charge in [-0.1, -0.05) is 24.3 Å². The standard InChI is InChI=1S/C20H22N2O3S/c23-20(21-10-13-25-18-5-2-1-3-6-18)22(15-17-9-12-24-16-17)11-8-19-7-4-14-26-19/h1-7,9,12,14,16H,8,10-11,13,15H2,(H,21,23). The Balaban J connectivity index is 1.48. The predicted octanol–water partition coefficient (Wildman–Crippen LogP) is 4.17. The van der Waals surface area contributed by atoms with E-state index in [0.717, 1.165) is 17.7 Å². The number of carbonyl (C=O) groups excluding carboxylic acids is 1. The van der Waals surface area contributed by atoms with Crippen LogP contribution in [0.5, 0.6) is 5.75 Å². The van der Waals surface area contributed by atoms with Crippen LogP contribution < -0.4 is 10.1 Å². The Bertz CT molecular complexity index is 758. The lowest BCUT2D eigenvalue weighted by Gasteiger charge is -2.22. The summed E-state index contributed by atoms with van der Waals surface area (Å²) in [6.07, 6.45) is 4.13. The van der Waals surface area contributed by atoms with E-state index in [0.29, 0.717) is 26.2 Å². The zero-order valence-electron chi connectivity index (χ0n) is 14.5. The summed E-state index contributed by atoms with van der Waals surface area (Å²) < 4.78 is 10.7. The lowest BCUT2D eigenvalue weighted by atomic mass is 10.3. The first-order valence-electron chi connectivity index (χ1n) is 8.55. The summed E-state index contributed by atoms with van der Waals surface area (Å²) in [6.45, 7) is 2.05. The van der Waals surface area contributed by atoms with Gasteiger partial charge in [0.25, 0.3) is 0 Å². The van der Waals surface area contributed by atoms with E-state index in [-0.39, 0.29) is 6.03 Å². The topological polar surface area (TPSA) is 54.7 Å². The molecule has 0 bridgehead atoms. The van der Waals surface area contributed by atoms with Gasteiger partial charge in [0.2, 0.25) is 0 Å². The first kappa shape index (κ1) is 18.1. The fourth-order valence-corrected chi connectivity index (χ4v) is 3.21. The molecule has 0 saturated carbocycles. The molecule has 2 heterocycles. The van der Waals surface area contributed by atoms with Crippen LogP contribution in [0.15, 0.2) is 70.9 Å². The molecule has 3 rings (SSSR count). The molecule has 3 aromatic rings. The average molecular weight is 370 g/mol. The molecule has 0 radical (unpaired) electrons. The van der Waals surface area contributed by atoms with E-state index in [2.05, 4.69) is 16.8 Å². The van der Waals surface area contributed by atoms with E-state index in [9.17, 15) is 4.79 Å². The highest BCUT2D eigenvalue weighted by atomic mass is 32.1. The highest BCUT2D eigenvalue weighted by Gasteiger charge is 2.14. The Morgan fingerprint density at radius 2 is 2.04 bits per heavy atom. The van der Waals surface area contributed by atoms with Crippen molar-refractivity contribution in [3.05, 3.63) is 76.9 Å².